The Kier molecular flexibility index (Phi) is 4.45. The number of anilines is 1. The summed E-state index contributed by atoms with van der Waals surface area (Å²) in [6.07, 6.45) is 1.58. The first-order chi connectivity index (χ1) is 8.06. The van der Waals surface area contributed by atoms with Gasteiger partial charge in [0.25, 0.3) is 5.91 Å². The fourth-order valence-corrected chi connectivity index (χ4v) is 1.51. The second-order valence-corrected chi connectivity index (χ2v) is 4.09. The Bertz CT molecular complexity index is 364. The van der Waals surface area contributed by atoms with Gasteiger partial charge in [0, 0.05) is 12.0 Å². The first-order valence-corrected chi connectivity index (χ1v) is 5.64. The van der Waals surface area contributed by atoms with Crippen LogP contribution in [0.15, 0.2) is 0 Å². The van der Waals surface area contributed by atoms with Crippen molar-refractivity contribution in [3.63, 3.8) is 0 Å². The number of nitrogen functional groups attached to an aromatic ring is 1. The number of amides is 1. The van der Waals surface area contributed by atoms with E-state index in [9.17, 15) is 9.90 Å². The van der Waals surface area contributed by atoms with Crippen LogP contribution in [-0.2, 0) is 0 Å². The number of nitrogens with two attached hydrogens (primary N) is 1. The van der Waals surface area contributed by atoms with Crippen molar-refractivity contribution in [3.05, 3.63) is 5.82 Å². The van der Waals surface area contributed by atoms with Crippen molar-refractivity contribution >= 4 is 11.9 Å². The number of aliphatic hydroxyl groups excluding tert-OH is 1. The predicted molar refractivity (Wildman–Crippen MR) is 63.2 cm³/mol. The third-order valence-corrected chi connectivity index (χ3v) is 3.18. The molecule has 0 aliphatic carbocycles. The van der Waals surface area contributed by atoms with E-state index >= 15 is 0 Å². The molecular formula is C10H19N5O2. The van der Waals surface area contributed by atoms with Gasteiger partial charge in [0.2, 0.25) is 11.8 Å². The smallest absolute Gasteiger partial charge is 0.288 e. The number of aromatic amines is 1. The molecule has 0 saturated carbocycles. The van der Waals surface area contributed by atoms with Gasteiger partial charge < -0.3 is 16.2 Å². The third-order valence-electron chi connectivity index (χ3n) is 3.18. The molecule has 7 heteroatoms. The standard InChI is InChI=1S/C10H19N5O2/c1-3-10(4-2,6-16)5-12-8(17)7-13-9(11)15-14-7/h16H,3-6H2,1-2H3,(H,12,17)(H3,11,13,14,15). The van der Waals surface area contributed by atoms with Crippen LogP contribution in [0.25, 0.3) is 0 Å². The summed E-state index contributed by atoms with van der Waals surface area (Å²) in [6, 6.07) is 0. The molecule has 96 valence electrons. The Morgan fingerprint density at radius 3 is 2.59 bits per heavy atom. The van der Waals surface area contributed by atoms with Gasteiger partial charge in [0.15, 0.2) is 0 Å². The number of nitrogens with one attached hydrogen (secondary N) is 2. The maximum atomic E-state index is 11.7. The molecule has 1 amide bonds. The van der Waals surface area contributed by atoms with Gasteiger partial charge in [-0.15, -0.1) is 5.10 Å². The van der Waals surface area contributed by atoms with Crippen molar-refractivity contribution in [2.45, 2.75) is 26.7 Å². The highest BCUT2D eigenvalue weighted by atomic mass is 16.3. The maximum Gasteiger partial charge on any atom is 0.288 e. The minimum atomic E-state index is -0.367. The monoisotopic (exact) mass is 241 g/mol. The van der Waals surface area contributed by atoms with E-state index in [1.165, 1.54) is 0 Å². The van der Waals surface area contributed by atoms with Crippen LogP contribution in [-0.4, -0.2) is 39.3 Å². The second-order valence-electron chi connectivity index (χ2n) is 4.09. The summed E-state index contributed by atoms with van der Waals surface area (Å²) in [6.45, 7) is 4.41. The van der Waals surface area contributed by atoms with E-state index in [0.29, 0.717) is 6.54 Å². The van der Waals surface area contributed by atoms with Crippen molar-refractivity contribution in [3.8, 4) is 0 Å². The molecule has 0 aliphatic heterocycles. The first-order valence-electron chi connectivity index (χ1n) is 5.64. The number of H-pyrrole nitrogens is 1. The Morgan fingerprint density at radius 2 is 2.18 bits per heavy atom. The zero-order chi connectivity index (χ0) is 12.9. The summed E-state index contributed by atoms with van der Waals surface area (Å²) in [4.78, 5) is 15.4. The minimum Gasteiger partial charge on any atom is -0.396 e. The molecule has 0 saturated heterocycles. The highest BCUT2D eigenvalue weighted by Gasteiger charge is 2.26. The molecule has 17 heavy (non-hydrogen) atoms. The topological polar surface area (TPSA) is 117 Å². The number of carbonyl (C=O) groups excluding carboxylic acids is 1. The fourth-order valence-electron chi connectivity index (χ4n) is 1.51. The lowest BCUT2D eigenvalue weighted by Crippen LogP contribution is -2.39. The molecule has 1 aromatic rings. The Labute approximate surface area is 99.8 Å². The van der Waals surface area contributed by atoms with E-state index in [4.69, 9.17) is 5.73 Å². The number of carbonyl (C=O) groups is 1. The zero-order valence-electron chi connectivity index (χ0n) is 10.2. The lowest BCUT2D eigenvalue weighted by Gasteiger charge is -2.29. The van der Waals surface area contributed by atoms with E-state index in [2.05, 4.69) is 20.5 Å². The Morgan fingerprint density at radius 1 is 1.53 bits per heavy atom. The predicted octanol–water partition coefficient (Wildman–Crippen LogP) is -0.0846. The average molecular weight is 241 g/mol. The summed E-state index contributed by atoms with van der Waals surface area (Å²) in [5.41, 5.74) is 5.03. The van der Waals surface area contributed by atoms with Crippen LogP contribution in [0.3, 0.4) is 0 Å². The molecule has 0 fully saturated rings. The fraction of sp³-hybridized carbons (Fsp3) is 0.700. The van der Waals surface area contributed by atoms with Crippen LogP contribution in [0.5, 0.6) is 0 Å². The van der Waals surface area contributed by atoms with Crippen molar-refractivity contribution in [1.29, 1.82) is 0 Å². The molecule has 1 heterocycles. The minimum absolute atomic E-state index is 0.0366. The van der Waals surface area contributed by atoms with Crippen molar-refractivity contribution in [1.82, 2.24) is 20.5 Å². The number of nitrogens with zero attached hydrogens (tertiary/aromatic N) is 2. The van der Waals surface area contributed by atoms with Crippen molar-refractivity contribution in [2.24, 2.45) is 5.41 Å². The molecule has 0 spiro atoms. The van der Waals surface area contributed by atoms with E-state index in [0.717, 1.165) is 12.8 Å². The number of aromatic nitrogens is 3. The van der Waals surface area contributed by atoms with Gasteiger partial charge in [-0.05, 0) is 12.8 Å². The summed E-state index contributed by atoms with van der Waals surface area (Å²) in [7, 11) is 0. The van der Waals surface area contributed by atoms with Crippen LogP contribution in [0, 0.1) is 5.41 Å². The number of hydrogen-bond acceptors (Lipinski definition) is 5. The van der Waals surface area contributed by atoms with Gasteiger partial charge in [0.05, 0.1) is 6.61 Å². The van der Waals surface area contributed by atoms with Gasteiger partial charge in [-0.2, -0.15) is 4.98 Å². The Hall–Kier alpha value is -1.63. The van der Waals surface area contributed by atoms with E-state index in [1.807, 2.05) is 13.8 Å². The molecule has 7 nitrogen and oxygen atoms in total. The van der Waals surface area contributed by atoms with Crippen LogP contribution in [0.4, 0.5) is 5.95 Å². The Balaban J connectivity index is 2.58. The summed E-state index contributed by atoms with van der Waals surface area (Å²) in [5, 5.41) is 18.1. The molecule has 0 atom stereocenters. The molecule has 0 bridgehead atoms. The number of rotatable bonds is 6. The van der Waals surface area contributed by atoms with Gasteiger partial charge in [-0.1, -0.05) is 13.8 Å². The maximum absolute atomic E-state index is 11.7. The lowest BCUT2D eigenvalue weighted by molar-refractivity contribution is 0.0842. The molecule has 0 aromatic carbocycles. The first kappa shape index (κ1) is 13.4. The average Bonchev–Trinajstić information content (AvgIpc) is 2.78. The SMILES string of the molecule is CCC(CC)(CO)CNC(=O)c1nc(N)n[nH]1. The molecular weight excluding hydrogens is 222 g/mol. The van der Waals surface area contributed by atoms with E-state index < -0.39 is 0 Å². The van der Waals surface area contributed by atoms with Crippen LogP contribution in [0.1, 0.15) is 37.3 Å². The number of hydrogen-bond donors (Lipinski definition) is 4. The van der Waals surface area contributed by atoms with Crippen molar-refractivity contribution in [2.75, 3.05) is 18.9 Å². The van der Waals surface area contributed by atoms with Crippen LogP contribution < -0.4 is 11.1 Å². The highest BCUT2D eigenvalue weighted by molar-refractivity contribution is 5.90. The molecule has 0 radical (unpaired) electrons. The summed E-state index contributed by atoms with van der Waals surface area (Å²) >= 11 is 0. The zero-order valence-corrected chi connectivity index (χ0v) is 10.2. The quantitative estimate of drug-likeness (QED) is 0.555. The second kappa shape index (κ2) is 5.62. The van der Waals surface area contributed by atoms with Gasteiger partial charge in [-0.3, -0.25) is 9.89 Å². The number of aliphatic hydroxyl groups is 1. The lowest BCUT2D eigenvalue weighted by atomic mass is 9.83. The normalized spacial score (nSPS) is 11.5. The van der Waals surface area contributed by atoms with Gasteiger partial charge >= 0.3 is 0 Å². The van der Waals surface area contributed by atoms with Gasteiger partial charge in [-0.25, -0.2) is 0 Å². The van der Waals surface area contributed by atoms with Crippen LogP contribution in [0.2, 0.25) is 0 Å². The molecule has 1 aromatic heterocycles. The molecule has 0 unspecified atom stereocenters. The molecule has 5 N–H and O–H groups in total. The van der Waals surface area contributed by atoms with Crippen LogP contribution >= 0.6 is 0 Å². The molecule has 0 aliphatic rings. The molecule has 1 rings (SSSR count). The third kappa shape index (κ3) is 3.16. The largest absolute Gasteiger partial charge is 0.396 e. The van der Waals surface area contributed by atoms with E-state index in [-0.39, 0.29) is 29.7 Å². The summed E-state index contributed by atoms with van der Waals surface area (Å²) < 4.78 is 0. The summed E-state index contributed by atoms with van der Waals surface area (Å²) in [5.74, 6) is -0.245. The highest BCUT2D eigenvalue weighted by Crippen LogP contribution is 2.24. The van der Waals surface area contributed by atoms with Gasteiger partial charge in [0.1, 0.15) is 0 Å². The van der Waals surface area contributed by atoms with Crippen molar-refractivity contribution < 1.29 is 9.90 Å². The van der Waals surface area contributed by atoms with E-state index in [1.54, 1.807) is 0 Å².